The fourth-order valence-corrected chi connectivity index (χ4v) is 0.439. The van der Waals surface area contributed by atoms with Gasteiger partial charge in [-0.1, -0.05) is 0 Å². The molecule has 3 heteroatoms. The molecule has 0 aliphatic carbocycles. The average Bonchev–Trinajstić information content (AvgIpc) is 1.69. The number of hydrogen-bond donors (Lipinski definition) is 0. The molecular weight excluding hydrogens is 156 g/mol. The van der Waals surface area contributed by atoms with E-state index in [-0.39, 0.29) is 0 Å². The van der Waals surface area contributed by atoms with Crippen LogP contribution < -0.4 is 0 Å². The molecule has 0 aromatic carbocycles. The topological polar surface area (TPSA) is 25.8 Å². The Balaban J connectivity index is 3.02. The van der Waals surface area contributed by atoms with Crippen LogP contribution in [0, 0.1) is 6.20 Å². The Morgan fingerprint density at radius 3 is 2.86 bits per heavy atom. The molecule has 1 aromatic heterocycles. The molecule has 0 spiro atoms. The lowest BCUT2D eigenvalue weighted by molar-refractivity contribution is 1.01. The summed E-state index contributed by atoms with van der Waals surface area (Å²) in [6.45, 7) is 0. The number of hydrogen-bond acceptors (Lipinski definition) is 2. The summed E-state index contributed by atoms with van der Waals surface area (Å²) >= 11 is 3.18. The van der Waals surface area contributed by atoms with Gasteiger partial charge in [-0.3, -0.25) is 0 Å². The van der Waals surface area contributed by atoms with Gasteiger partial charge in [0.1, 0.15) is 6.20 Å². The van der Waals surface area contributed by atoms with Crippen LogP contribution in [-0.4, -0.2) is 10.2 Å². The van der Waals surface area contributed by atoms with Gasteiger partial charge < -0.3 is 0 Å². The average molecular weight is 158 g/mol. The van der Waals surface area contributed by atoms with Crippen molar-refractivity contribution in [1.29, 1.82) is 0 Å². The fraction of sp³-hybridized carbons (Fsp3) is 0. The molecule has 0 aliphatic rings. The highest BCUT2D eigenvalue weighted by atomic mass is 79.9. The SMILES string of the molecule is Brc1c[c]nnc1. The van der Waals surface area contributed by atoms with Crippen LogP contribution >= 0.6 is 15.9 Å². The molecule has 1 aromatic rings. The first kappa shape index (κ1) is 4.71. The van der Waals surface area contributed by atoms with Gasteiger partial charge in [-0.15, -0.1) is 5.10 Å². The standard InChI is InChI=1S/C4H2BrN2/c5-4-1-2-6-7-3-4/h1,3H. The maximum atomic E-state index is 3.53. The van der Waals surface area contributed by atoms with Crippen LogP contribution in [0.5, 0.6) is 0 Å². The third-order valence-corrected chi connectivity index (χ3v) is 0.933. The molecule has 0 saturated heterocycles. The van der Waals surface area contributed by atoms with Gasteiger partial charge in [-0.05, 0) is 22.0 Å². The van der Waals surface area contributed by atoms with Gasteiger partial charge in [-0.2, -0.15) is 5.10 Å². The first-order valence-corrected chi connectivity index (χ1v) is 2.53. The summed E-state index contributed by atoms with van der Waals surface area (Å²) in [5, 5.41) is 6.97. The van der Waals surface area contributed by atoms with Gasteiger partial charge >= 0.3 is 0 Å². The van der Waals surface area contributed by atoms with Gasteiger partial charge in [0.2, 0.25) is 0 Å². The summed E-state index contributed by atoms with van der Waals surface area (Å²) in [6.07, 6.45) is 4.16. The maximum absolute atomic E-state index is 3.53. The van der Waals surface area contributed by atoms with Crippen LogP contribution in [0.4, 0.5) is 0 Å². The van der Waals surface area contributed by atoms with Crippen molar-refractivity contribution in [2.45, 2.75) is 0 Å². The maximum Gasteiger partial charge on any atom is 0.114 e. The Morgan fingerprint density at radius 2 is 2.57 bits per heavy atom. The van der Waals surface area contributed by atoms with E-state index in [0.29, 0.717) is 0 Å². The predicted octanol–water partition coefficient (Wildman–Crippen LogP) is 1.04. The zero-order valence-corrected chi connectivity index (χ0v) is 5.01. The fourth-order valence-electron chi connectivity index (χ4n) is 0.245. The molecule has 1 radical (unpaired) electrons. The normalized spacial score (nSPS) is 8.71. The first-order valence-electron chi connectivity index (χ1n) is 1.74. The second kappa shape index (κ2) is 2.02. The van der Waals surface area contributed by atoms with Crippen molar-refractivity contribution in [2.75, 3.05) is 0 Å². The zero-order chi connectivity index (χ0) is 5.11. The van der Waals surface area contributed by atoms with Crippen LogP contribution in [0.15, 0.2) is 16.7 Å². The Bertz CT molecular complexity index is 140. The van der Waals surface area contributed by atoms with Crippen molar-refractivity contribution in [3.8, 4) is 0 Å². The first-order chi connectivity index (χ1) is 3.39. The summed E-state index contributed by atoms with van der Waals surface area (Å²) in [6, 6.07) is 1.70. The molecule has 0 unspecified atom stereocenters. The van der Waals surface area contributed by atoms with Crippen LogP contribution in [0.25, 0.3) is 0 Å². The van der Waals surface area contributed by atoms with E-state index in [9.17, 15) is 0 Å². The van der Waals surface area contributed by atoms with E-state index in [0.717, 1.165) is 4.47 Å². The summed E-state index contributed by atoms with van der Waals surface area (Å²) in [7, 11) is 0. The van der Waals surface area contributed by atoms with Crippen LogP contribution in [0.1, 0.15) is 0 Å². The van der Waals surface area contributed by atoms with Gasteiger partial charge in [0.05, 0.1) is 6.20 Å². The van der Waals surface area contributed by atoms with E-state index in [2.05, 4.69) is 32.3 Å². The van der Waals surface area contributed by atoms with Gasteiger partial charge in [-0.25, -0.2) is 0 Å². The van der Waals surface area contributed by atoms with Crippen molar-refractivity contribution < 1.29 is 0 Å². The molecule has 1 heterocycles. The Labute approximate surface area is 49.7 Å². The van der Waals surface area contributed by atoms with Crippen LogP contribution in [0.3, 0.4) is 0 Å². The molecule has 2 nitrogen and oxygen atoms in total. The quantitative estimate of drug-likeness (QED) is 0.563. The Hall–Kier alpha value is -0.440. The number of aromatic nitrogens is 2. The molecule has 0 amide bonds. The van der Waals surface area contributed by atoms with Crippen molar-refractivity contribution in [2.24, 2.45) is 0 Å². The van der Waals surface area contributed by atoms with E-state index in [1.807, 2.05) is 0 Å². The van der Waals surface area contributed by atoms with E-state index in [4.69, 9.17) is 0 Å². The lowest BCUT2D eigenvalue weighted by Crippen LogP contribution is -1.74. The highest BCUT2D eigenvalue weighted by Crippen LogP contribution is 2.01. The van der Waals surface area contributed by atoms with Crippen molar-refractivity contribution in [1.82, 2.24) is 10.2 Å². The predicted molar refractivity (Wildman–Crippen MR) is 28.6 cm³/mol. The second-order valence-corrected chi connectivity index (χ2v) is 1.92. The molecular formula is C4H2BrN2. The Morgan fingerprint density at radius 1 is 1.71 bits per heavy atom. The van der Waals surface area contributed by atoms with Crippen LogP contribution in [0.2, 0.25) is 0 Å². The lowest BCUT2D eigenvalue weighted by Gasteiger charge is -1.77. The lowest BCUT2D eigenvalue weighted by atomic mass is 10.6. The van der Waals surface area contributed by atoms with E-state index in [1.54, 1.807) is 12.3 Å². The van der Waals surface area contributed by atoms with Gasteiger partial charge in [0, 0.05) is 4.47 Å². The number of rotatable bonds is 0. The molecule has 1 rings (SSSR count). The highest BCUT2D eigenvalue weighted by molar-refractivity contribution is 9.10. The summed E-state index contributed by atoms with van der Waals surface area (Å²) in [4.78, 5) is 0. The molecule has 0 bridgehead atoms. The van der Waals surface area contributed by atoms with E-state index in [1.165, 1.54) is 0 Å². The van der Waals surface area contributed by atoms with Crippen molar-refractivity contribution >= 4 is 15.9 Å². The minimum Gasteiger partial charge on any atom is -0.157 e. The molecule has 0 atom stereocenters. The third kappa shape index (κ3) is 1.23. The van der Waals surface area contributed by atoms with Gasteiger partial charge in [0.15, 0.2) is 0 Å². The minimum atomic E-state index is 0.905. The van der Waals surface area contributed by atoms with Gasteiger partial charge in [0.25, 0.3) is 0 Å². The summed E-state index contributed by atoms with van der Waals surface area (Å²) < 4.78 is 0.905. The highest BCUT2D eigenvalue weighted by Gasteiger charge is 1.77. The molecule has 0 fully saturated rings. The smallest absolute Gasteiger partial charge is 0.114 e. The second-order valence-electron chi connectivity index (χ2n) is 1.00. The minimum absolute atomic E-state index is 0.905. The molecule has 7 heavy (non-hydrogen) atoms. The Kier molecular flexibility index (Phi) is 1.36. The zero-order valence-electron chi connectivity index (χ0n) is 3.43. The summed E-state index contributed by atoms with van der Waals surface area (Å²) in [5.41, 5.74) is 0. The third-order valence-electron chi connectivity index (χ3n) is 0.499. The molecule has 0 saturated carbocycles. The molecule has 0 N–H and O–H groups in total. The van der Waals surface area contributed by atoms with E-state index >= 15 is 0 Å². The number of halogens is 1. The number of nitrogens with zero attached hydrogens (tertiary/aromatic N) is 2. The largest absolute Gasteiger partial charge is 0.157 e. The summed E-state index contributed by atoms with van der Waals surface area (Å²) in [5.74, 6) is 0. The van der Waals surface area contributed by atoms with E-state index < -0.39 is 0 Å². The van der Waals surface area contributed by atoms with Crippen molar-refractivity contribution in [3.05, 3.63) is 22.9 Å². The molecule has 35 valence electrons. The molecule has 0 aliphatic heterocycles. The van der Waals surface area contributed by atoms with Crippen molar-refractivity contribution in [3.63, 3.8) is 0 Å². The monoisotopic (exact) mass is 157 g/mol. The van der Waals surface area contributed by atoms with Crippen LogP contribution in [-0.2, 0) is 0 Å².